The number of hydrogen-bond donors (Lipinski definition) is 0. The predicted molar refractivity (Wildman–Crippen MR) is 124 cm³/mol. The van der Waals surface area contributed by atoms with Crippen LogP contribution < -0.4 is 0 Å². The van der Waals surface area contributed by atoms with Crippen LogP contribution in [0, 0.1) is 0 Å². The molecule has 1 aromatic rings. The molecule has 0 aromatic heterocycles. The van der Waals surface area contributed by atoms with Crippen LogP contribution in [0.25, 0.3) is 0 Å². The highest BCUT2D eigenvalue weighted by Crippen LogP contribution is 2.39. The second kappa shape index (κ2) is 9.21. The van der Waals surface area contributed by atoms with Crippen LogP contribution >= 0.6 is 0 Å². The summed E-state index contributed by atoms with van der Waals surface area (Å²) in [5, 5.41) is 2.16. The van der Waals surface area contributed by atoms with Crippen molar-refractivity contribution in [3.05, 3.63) is 35.9 Å². The lowest BCUT2D eigenvalue weighted by Crippen LogP contribution is -2.62. The molecule has 1 unspecified atom stereocenters. The van der Waals surface area contributed by atoms with Gasteiger partial charge in [-0.05, 0) is 78.2 Å². The Morgan fingerprint density at radius 1 is 0.903 bits per heavy atom. The molecule has 172 valence electrons. The average Bonchev–Trinajstić information content (AvgIpc) is 2.73. The standard InChI is InChI=1S/C26H41N3O2/c1-25(2)15-9-16-26(3,4)29(25)31-23-12-8-17-28(24(23)30)22-13-18-27(19-14-22)20-21-10-6-5-7-11-21/h5-7,10-11,22-23H,8-9,12-20H2,1-4H3. The molecular formula is C26H41N3O2. The molecular weight excluding hydrogens is 386 g/mol. The van der Waals surface area contributed by atoms with Crippen molar-refractivity contribution in [3.63, 3.8) is 0 Å². The maximum Gasteiger partial charge on any atom is 0.254 e. The van der Waals surface area contributed by atoms with Crippen LogP contribution in [-0.4, -0.2) is 63.6 Å². The van der Waals surface area contributed by atoms with Crippen LogP contribution in [0.15, 0.2) is 30.3 Å². The first-order valence-corrected chi connectivity index (χ1v) is 12.3. The fourth-order valence-electron chi connectivity index (χ4n) is 5.95. The van der Waals surface area contributed by atoms with Crippen LogP contribution in [-0.2, 0) is 16.2 Å². The normalized spacial score (nSPS) is 28.1. The quantitative estimate of drug-likeness (QED) is 0.687. The summed E-state index contributed by atoms with van der Waals surface area (Å²) in [6, 6.07) is 11.0. The Morgan fingerprint density at radius 3 is 2.19 bits per heavy atom. The summed E-state index contributed by atoms with van der Waals surface area (Å²) >= 11 is 0. The molecule has 1 atom stereocenters. The minimum absolute atomic E-state index is 0.0346. The Labute approximate surface area is 188 Å². The van der Waals surface area contributed by atoms with E-state index < -0.39 is 0 Å². The molecule has 0 N–H and O–H groups in total. The smallest absolute Gasteiger partial charge is 0.254 e. The zero-order chi connectivity index (χ0) is 22.1. The van der Waals surface area contributed by atoms with Crippen molar-refractivity contribution >= 4 is 5.91 Å². The van der Waals surface area contributed by atoms with E-state index in [1.54, 1.807) is 0 Å². The minimum atomic E-state index is -0.326. The third-order valence-electron chi connectivity index (χ3n) is 7.58. The van der Waals surface area contributed by atoms with Crippen LogP contribution in [0.1, 0.15) is 78.2 Å². The van der Waals surface area contributed by atoms with Crippen molar-refractivity contribution in [2.45, 2.75) is 102 Å². The summed E-state index contributed by atoms with van der Waals surface area (Å²) in [5.74, 6) is 0.213. The zero-order valence-corrected chi connectivity index (χ0v) is 20.0. The Balaban J connectivity index is 1.35. The molecule has 0 bridgehead atoms. The zero-order valence-electron chi connectivity index (χ0n) is 20.0. The fraction of sp³-hybridized carbons (Fsp3) is 0.731. The van der Waals surface area contributed by atoms with Gasteiger partial charge in [-0.25, -0.2) is 0 Å². The first-order valence-electron chi connectivity index (χ1n) is 12.3. The third-order valence-corrected chi connectivity index (χ3v) is 7.58. The van der Waals surface area contributed by atoms with Gasteiger partial charge in [-0.1, -0.05) is 30.3 Å². The lowest BCUT2D eigenvalue weighted by molar-refractivity contribution is -0.303. The van der Waals surface area contributed by atoms with Gasteiger partial charge >= 0.3 is 0 Å². The molecule has 3 aliphatic heterocycles. The summed E-state index contributed by atoms with van der Waals surface area (Å²) in [5.41, 5.74) is 1.30. The molecule has 1 aromatic carbocycles. The van der Waals surface area contributed by atoms with Gasteiger partial charge in [-0.3, -0.25) is 14.5 Å². The van der Waals surface area contributed by atoms with Crippen molar-refractivity contribution in [3.8, 4) is 0 Å². The molecule has 4 rings (SSSR count). The summed E-state index contributed by atoms with van der Waals surface area (Å²) < 4.78 is 0. The molecule has 3 fully saturated rings. The number of piperidine rings is 3. The Hall–Kier alpha value is -1.43. The molecule has 3 saturated heterocycles. The highest BCUT2D eigenvalue weighted by atomic mass is 16.7. The molecule has 5 heteroatoms. The van der Waals surface area contributed by atoms with E-state index in [1.807, 2.05) is 0 Å². The molecule has 0 spiro atoms. The molecule has 3 aliphatic rings. The van der Waals surface area contributed by atoms with E-state index in [1.165, 1.54) is 12.0 Å². The summed E-state index contributed by atoms with van der Waals surface area (Å²) in [6.45, 7) is 13.0. The molecule has 0 aliphatic carbocycles. The predicted octanol–water partition coefficient (Wildman–Crippen LogP) is 4.62. The summed E-state index contributed by atoms with van der Waals surface area (Å²) in [7, 11) is 0. The number of carbonyl (C=O) groups excluding carboxylic acids is 1. The van der Waals surface area contributed by atoms with Crippen molar-refractivity contribution in [1.29, 1.82) is 0 Å². The van der Waals surface area contributed by atoms with Crippen molar-refractivity contribution in [1.82, 2.24) is 14.9 Å². The number of carbonyl (C=O) groups is 1. The second-order valence-electron chi connectivity index (χ2n) is 11.0. The van der Waals surface area contributed by atoms with Crippen LogP contribution in [0.3, 0.4) is 0 Å². The van der Waals surface area contributed by atoms with Crippen LogP contribution in [0.4, 0.5) is 0 Å². The van der Waals surface area contributed by atoms with Gasteiger partial charge in [-0.2, -0.15) is 5.06 Å². The SMILES string of the molecule is CC1(C)CCCC(C)(C)N1OC1CCCN(C2CCN(Cc3ccccc3)CC2)C1=O. The number of amides is 1. The van der Waals surface area contributed by atoms with Gasteiger partial charge in [0.25, 0.3) is 5.91 Å². The Bertz CT molecular complexity index is 724. The van der Waals surface area contributed by atoms with Gasteiger partial charge in [0.2, 0.25) is 0 Å². The van der Waals surface area contributed by atoms with E-state index in [0.29, 0.717) is 6.04 Å². The van der Waals surface area contributed by atoms with Gasteiger partial charge in [-0.15, -0.1) is 0 Å². The number of hydrogen-bond acceptors (Lipinski definition) is 4. The third kappa shape index (κ3) is 5.15. The monoisotopic (exact) mass is 427 g/mol. The Morgan fingerprint density at radius 2 is 1.55 bits per heavy atom. The Kier molecular flexibility index (Phi) is 6.76. The summed E-state index contributed by atoms with van der Waals surface area (Å²) in [4.78, 5) is 24.7. The van der Waals surface area contributed by atoms with Gasteiger partial charge in [0.1, 0.15) is 0 Å². The number of likely N-dealkylation sites (tertiary alicyclic amines) is 2. The highest BCUT2D eigenvalue weighted by Gasteiger charge is 2.46. The van der Waals surface area contributed by atoms with Crippen molar-refractivity contribution in [2.75, 3.05) is 19.6 Å². The maximum atomic E-state index is 13.5. The molecule has 31 heavy (non-hydrogen) atoms. The van der Waals surface area contributed by atoms with Gasteiger partial charge in [0.05, 0.1) is 0 Å². The lowest BCUT2D eigenvalue weighted by atomic mass is 9.82. The van der Waals surface area contributed by atoms with Crippen molar-refractivity contribution in [2.24, 2.45) is 0 Å². The highest BCUT2D eigenvalue weighted by molar-refractivity contribution is 5.82. The van der Waals surface area contributed by atoms with Gasteiger partial charge < -0.3 is 4.90 Å². The van der Waals surface area contributed by atoms with E-state index in [-0.39, 0.29) is 23.1 Å². The van der Waals surface area contributed by atoms with Gasteiger partial charge in [0, 0.05) is 43.3 Å². The lowest BCUT2D eigenvalue weighted by Gasteiger charge is -2.53. The molecule has 5 nitrogen and oxygen atoms in total. The topological polar surface area (TPSA) is 36.0 Å². The minimum Gasteiger partial charge on any atom is -0.337 e. The number of rotatable bonds is 5. The van der Waals surface area contributed by atoms with Gasteiger partial charge in [0.15, 0.2) is 6.10 Å². The van der Waals surface area contributed by atoms with E-state index >= 15 is 0 Å². The molecule has 3 heterocycles. The maximum absolute atomic E-state index is 13.5. The van der Waals surface area contributed by atoms with E-state index in [0.717, 1.165) is 64.7 Å². The molecule has 0 radical (unpaired) electrons. The van der Waals surface area contributed by atoms with E-state index in [4.69, 9.17) is 4.84 Å². The summed E-state index contributed by atoms with van der Waals surface area (Å²) in [6.07, 6.45) is 7.11. The van der Waals surface area contributed by atoms with Crippen LogP contribution in [0.5, 0.6) is 0 Å². The second-order valence-corrected chi connectivity index (χ2v) is 11.0. The molecule has 1 amide bonds. The number of benzene rings is 1. The average molecular weight is 428 g/mol. The first-order chi connectivity index (χ1) is 14.8. The largest absolute Gasteiger partial charge is 0.337 e. The first kappa shape index (κ1) is 22.8. The fourth-order valence-corrected chi connectivity index (χ4v) is 5.95. The van der Waals surface area contributed by atoms with E-state index in [9.17, 15) is 4.79 Å². The number of nitrogens with zero attached hydrogens (tertiary/aromatic N) is 3. The van der Waals surface area contributed by atoms with E-state index in [2.05, 4.69) is 72.9 Å². The molecule has 0 saturated carbocycles. The number of hydroxylamine groups is 2. The van der Waals surface area contributed by atoms with Crippen molar-refractivity contribution < 1.29 is 9.63 Å². The van der Waals surface area contributed by atoms with Crippen LogP contribution in [0.2, 0.25) is 0 Å².